The van der Waals surface area contributed by atoms with Gasteiger partial charge in [0.15, 0.2) is 5.82 Å². The van der Waals surface area contributed by atoms with Gasteiger partial charge in [-0.1, -0.05) is 44.2 Å². The van der Waals surface area contributed by atoms with Gasteiger partial charge in [0.1, 0.15) is 11.5 Å². The molecule has 1 aromatic carbocycles. The molecule has 0 bridgehead atoms. The Bertz CT molecular complexity index is 709. The number of piperidine rings is 1. The van der Waals surface area contributed by atoms with E-state index < -0.39 is 0 Å². The molecular formula is C20H26N4O. The third-order valence-electron chi connectivity index (χ3n) is 4.62. The highest BCUT2D eigenvalue weighted by Crippen LogP contribution is 2.24. The van der Waals surface area contributed by atoms with Gasteiger partial charge in [0.25, 0.3) is 5.91 Å². The van der Waals surface area contributed by atoms with E-state index in [9.17, 15) is 4.79 Å². The van der Waals surface area contributed by atoms with Crippen molar-refractivity contribution in [1.29, 1.82) is 0 Å². The zero-order chi connectivity index (χ0) is 17.6. The maximum atomic E-state index is 12.5. The van der Waals surface area contributed by atoms with Crippen molar-refractivity contribution in [3.8, 4) is 11.4 Å². The molecule has 1 aliphatic rings. The molecule has 1 saturated heterocycles. The number of carbonyl (C=O) groups excluding carboxylic acids is 1. The van der Waals surface area contributed by atoms with Crippen LogP contribution >= 0.6 is 0 Å². The van der Waals surface area contributed by atoms with Crippen molar-refractivity contribution in [2.24, 2.45) is 5.92 Å². The summed E-state index contributed by atoms with van der Waals surface area (Å²) in [5, 5.41) is 2.92. The van der Waals surface area contributed by atoms with Crippen LogP contribution in [0.15, 0.2) is 36.4 Å². The summed E-state index contributed by atoms with van der Waals surface area (Å²) in [6.07, 6.45) is 3.21. The summed E-state index contributed by atoms with van der Waals surface area (Å²) in [6, 6.07) is 11.7. The fourth-order valence-electron chi connectivity index (χ4n) is 3.00. The smallest absolute Gasteiger partial charge is 0.270 e. The maximum Gasteiger partial charge on any atom is 0.270 e. The van der Waals surface area contributed by atoms with E-state index >= 15 is 0 Å². The van der Waals surface area contributed by atoms with Crippen LogP contribution in [-0.2, 0) is 0 Å². The minimum absolute atomic E-state index is 0.131. The van der Waals surface area contributed by atoms with Crippen LogP contribution in [0.4, 0.5) is 5.82 Å². The normalized spacial score (nSPS) is 15.2. The Balaban J connectivity index is 1.95. The second-order valence-corrected chi connectivity index (χ2v) is 6.73. The van der Waals surface area contributed by atoms with E-state index in [2.05, 4.69) is 22.1 Å². The van der Waals surface area contributed by atoms with Gasteiger partial charge in [0.05, 0.1) is 0 Å². The number of rotatable bonds is 5. The first kappa shape index (κ1) is 17.4. The molecule has 132 valence electrons. The molecule has 0 saturated carbocycles. The summed E-state index contributed by atoms with van der Waals surface area (Å²) in [5.74, 6) is 2.08. The molecule has 25 heavy (non-hydrogen) atoms. The van der Waals surface area contributed by atoms with E-state index in [1.54, 1.807) is 0 Å². The van der Waals surface area contributed by atoms with Gasteiger partial charge in [-0.2, -0.15) is 0 Å². The van der Waals surface area contributed by atoms with E-state index in [1.807, 2.05) is 43.3 Å². The predicted octanol–water partition coefficient (Wildman–Crippen LogP) is 3.52. The zero-order valence-electron chi connectivity index (χ0n) is 15.0. The van der Waals surface area contributed by atoms with Gasteiger partial charge in [0.2, 0.25) is 0 Å². The predicted molar refractivity (Wildman–Crippen MR) is 101 cm³/mol. The quantitative estimate of drug-likeness (QED) is 0.906. The summed E-state index contributed by atoms with van der Waals surface area (Å²) in [5.41, 5.74) is 1.37. The lowest BCUT2D eigenvalue weighted by Gasteiger charge is -2.31. The molecule has 0 atom stereocenters. The van der Waals surface area contributed by atoms with E-state index in [-0.39, 0.29) is 5.91 Å². The van der Waals surface area contributed by atoms with Crippen LogP contribution in [0.5, 0.6) is 0 Å². The fourth-order valence-corrected chi connectivity index (χ4v) is 3.00. The standard InChI is InChI=1S/C20H26N4O/c1-3-11-21-20(25)17-14-18(24-12-9-15(2)10-13-24)23-19(22-17)16-7-5-4-6-8-16/h4-8,14-15H,3,9-13H2,1-2H3,(H,21,25). The summed E-state index contributed by atoms with van der Waals surface area (Å²) in [7, 11) is 0. The molecule has 1 fully saturated rings. The number of benzene rings is 1. The van der Waals surface area contributed by atoms with Crippen LogP contribution in [0.25, 0.3) is 11.4 Å². The van der Waals surface area contributed by atoms with Crippen molar-refractivity contribution in [3.05, 3.63) is 42.1 Å². The van der Waals surface area contributed by atoms with Gasteiger partial charge in [-0.15, -0.1) is 0 Å². The Labute approximate surface area is 149 Å². The number of hydrogen-bond acceptors (Lipinski definition) is 4. The molecule has 5 heteroatoms. The number of aromatic nitrogens is 2. The molecular weight excluding hydrogens is 312 g/mol. The van der Waals surface area contributed by atoms with Gasteiger partial charge in [0, 0.05) is 31.3 Å². The highest BCUT2D eigenvalue weighted by Gasteiger charge is 2.20. The third-order valence-corrected chi connectivity index (χ3v) is 4.62. The summed E-state index contributed by atoms with van der Waals surface area (Å²) < 4.78 is 0. The Morgan fingerprint density at radius 3 is 2.60 bits per heavy atom. The maximum absolute atomic E-state index is 12.5. The van der Waals surface area contributed by atoms with Gasteiger partial charge < -0.3 is 10.2 Å². The van der Waals surface area contributed by atoms with Gasteiger partial charge in [-0.3, -0.25) is 4.79 Å². The van der Waals surface area contributed by atoms with E-state index in [0.717, 1.165) is 49.7 Å². The number of hydrogen-bond donors (Lipinski definition) is 1. The number of amides is 1. The van der Waals surface area contributed by atoms with Crippen LogP contribution in [0.2, 0.25) is 0 Å². The van der Waals surface area contributed by atoms with Crippen molar-refractivity contribution in [3.63, 3.8) is 0 Å². The molecule has 2 heterocycles. The number of anilines is 1. The SMILES string of the molecule is CCCNC(=O)c1cc(N2CCC(C)CC2)nc(-c2ccccc2)n1. The largest absolute Gasteiger partial charge is 0.356 e. The average Bonchev–Trinajstić information content (AvgIpc) is 2.67. The molecule has 0 aliphatic carbocycles. The van der Waals surface area contributed by atoms with Crippen LogP contribution in [0.3, 0.4) is 0 Å². The van der Waals surface area contributed by atoms with E-state index in [0.29, 0.717) is 18.1 Å². The highest BCUT2D eigenvalue weighted by molar-refractivity contribution is 5.93. The van der Waals surface area contributed by atoms with Gasteiger partial charge >= 0.3 is 0 Å². The van der Waals surface area contributed by atoms with Crippen LogP contribution in [0.1, 0.15) is 43.6 Å². The summed E-state index contributed by atoms with van der Waals surface area (Å²) >= 11 is 0. The molecule has 1 aliphatic heterocycles. The molecule has 5 nitrogen and oxygen atoms in total. The van der Waals surface area contributed by atoms with Crippen molar-refractivity contribution in [2.75, 3.05) is 24.5 Å². The van der Waals surface area contributed by atoms with Crippen LogP contribution in [-0.4, -0.2) is 35.5 Å². The molecule has 1 amide bonds. The number of nitrogens with zero attached hydrogens (tertiary/aromatic N) is 3. The van der Waals surface area contributed by atoms with Crippen molar-refractivity contribution < 1.29 is 4.79 Å². The first-order chi connectivity index (χ1) is 12.2. The van der Waals surface area contributed by atoms with Gasteiger partial charge in [-0.25, -0.2) is 9.97 Å². The van der Waals surface area contributed by atoms with E-state index in [4.69, 9.17) is 4.98 Å². The molecule has 0 unspecified atom stereocenters. The van der Waals surface area contributed by atoms with Crippen molar-refractivity contribution in [1.82, 2.24) is 15.3 Å². The van der Waals surface area contributed by atoms with Gasteiger partial charge in [-0.05, 0) is 25.2 Å². The highest BCUT2D eigenvalue weighted by atomic mass is 16.1. The monoisotopic (exact) mass is 338 g/mol. The lowest BCUT2D eigenvalue weighted by atomic mass is 9.99. The second-order valence-electron chi connectivity index (χ2n) is 6.73. The molecule has 3 rings (SSSR count). The lowest BCUT2D eigenvalue weighted by Crippen LogP contribution is -2.34. The summed E-state index contributed by atoms with van der Waals surface area (Å²) in [4.78, 5) is 24.0. The van der Waals surface area contributed by atoms with Crippen molar-refractivity contribution >= 4 is 11.7 Å². The van der Waals surface area contributed by atoms with Crippen molar-refractivity contribution in [2.45, 2.75) is 33.1 Å². The topological polar surface area (TPSA) is 58.1 Å². The Kier molecular flexibility index (Phi) is 5.64. The summed E-state index contributed by atoms with van der Waals surface area (Å²) in [6.45, 7) is 6.93. The Morgan fingerprint density at radius 1 is 1.20 bits per heavy atom. The zero-order valence-corrected chi connectivity index (χ0v) is 15.0. The first-order valence-corrected chi connectivity index (χ1v) is 9.15. The molecule has 1 N–H and O–H groups in total. The molecule has 0 spiro atoms. The first-order valence-electron chi connectivity index (χ1n) is 9.15. The van der Waals surface area contributed by atoms with Crippen LogP contribution < -0.4 is 10.2 Å². The fraction of sp³-hybridized carbons (Fsp3) is 0.450. The second kappa shape index (κ2) is 8.10. The average molecular weight is 338 g/mol. The minimum Gasteiger partial charge on any atom is -0.356 e. The lowest BCUT2D eigenvalue weighted by molar-refractivity contribution is 0.0948. The number of carbonyl (C=O) groups is 1. The Hall–Kier alpha value is -2.43. The molecule has 1 aromatic heterocycles. The number of nitrogens with one attached hydrogen (secondary N) is 1. The minimum atomic E-state index is -0.131. The van der Waals surface area contributed by atoms with Crippen LogP contribution in [0, 0.1) is 5.92 Å². The van der Waals surface area contributed by atoms with E-state index in [1.165, 1.54) is 0 Å². The Morgan fingerprint density at radius 2 is 1.92 bits per heavy atom. The third kappa shape index (κ3) is 4.35. The molecule has 0 radical (unpaired) electrons. The molecule has 2 aromatic rings.